The zero-order chi connectivity index (χ0) is 21.2. The van der Waals surface area contributed by atoms with Gasteiger partial charge in [0.1, 0.15) is 17.3 Å². The maximum absolute atomic E-state index is 12.5. The van der Waals surface area contributed by atoms with Crippen molar-refractivity contribution in [2.75, 3.05) is 13.3 Å². The Hall–Kier alpha value is -2.88. The first kappa shape index (κ1) is 23.4. The molecule has 2 aromatic rings. The molecule has 1 amide bonds. The summed E-state index contributed by atoms with van der Waals surface area (Å²) in [6, 6.07) is 5.29. The number of amides is 1. The fraction of sp³-hybridized carbons (Fsp3) is 0.450. The Bertz CT molecular complexity index is 959. The predicted molar refractivity (Wildman–Crippen MR) is 115 cm³/mol. The number of nitro groups is 1. The number of hydrogen-bond acceptors (Lipinski definition) is 7. The predicted octanol–water partition coefficient (Wildman–Crippen LogP) is 3.17. The molecule has 30 heavy (non-hydrogen) atoms. The summed E-state index contributed by atoms with van der Waals surface area (Å²) in [5, 5.41) is 11.5. The normalized spacial score (nSPS) is 16.1. The van der Waals surface area contributed by atoms with Crippen molar-refractivity contribution in [1.29, 1.82) is 0 Å². The summed E-state index contributed by atoms with van der Waals surface area (Å²) < 4.78 is 10.7. The quantitative estimate of drug-likeness (QED) is 0.307. The molecule has 1 atom stereocenters. The number of hydrogen-bond donors (Lipinski definition) is 0. The molecule has 2 heterocycles. The average molecular weight is 436 g/mol. The highest BCUT2D eigenvalue weighted by atomic mass is 32.1. The number of ether oxygens (including phenoxy) is 2. The minimum absolute atomic E-state index is 0. The molecule has 162 valence electrons. The van der Waals surface area contributed by atoms with Gasteiger partial charge in [0.2, 0.25) is 12.7 Å². The van der Waals surface area contributed by atoms with Crippen LogP contribution in [-0.2, 0) is 14.3 Å². The first-order valence-electron chi connectivity index (χ1n) is 9.33. The number of pyridine rings is 1. The van der Waals surface area contributed by atoms with Crippen LogP contribution in [0.5, 0.6) is 5.75 Å². The van der Waals surface area contributed by atoms with E-state index >= 15 is 0 Å². The Morgan fingerprint density at radius 1 is 1.30 bits per heavy atom. The Labute approximate surface area is 180 Å². The lowest BCUT2D eigenvalue weighted by Gasteiger charge is -2.29. The van der Waals surface area contributed by atoms with Crippen LogP contribution in [0.3, 0.4) is 0 Å². The van der Waals surface area contributed by atoms with Crippen LogP contribution in [0, 0.1) is 15.5 Å². The van der Waals surface area contributed by atoms with Crippen LogP contribution in [0.4, 0.5) is 5.69 Å². The summed E-state index contributed by atoms with van der Waals surface area (Å²) in [5.74, 6) is -0.351. The monoisotopic (exact) mass is 435 g/mol. The molecule has 0 spiro atoms. The maximum Gasteiger partial charge on any atom is 0.331 e. The molecule has 0 unspecified atom stereocenters. The number of esters is 1. The molecule has 10 heteroatoms. The summed E-state index contributed by atoms with van der Waals surface area (Å²) in [4.78, 5) is 41.4. The van der Waals surface area contributed by atoms with Gasteiger partial charge >= 0.3 is 5.97 Å². The Morgan fingerprint density at radius 3 is 2.70 bits per heavy atom. The van der Waals surface area contributed by atoms with Gasteiger partial charge in [0, 0.05) is 24.2 Å². The lowest BCUT2D eigenvalue weighted by Crippen LogP contribution is -2.46. The number of aromatic nitrogens is 1. The fourth-order valence-electron chi connectivity index (χ4n) is 3.34. The largest absolute Gasteiger partial charge is 0.455 e. The molecule has 1 aromatic carbocycles. The minimum Gasteiger partial charge on any atom is -0.455 e. The molecule has 0 bridgehead atoms. The van der Waals surface area contributed by atoms with E-state index in [0.717, 1.165) is 6.42 Å². The van der Waals surface area contributed by atoms with Gasteiger partial charge in [0.25, 0.3) is 5.69 Å². The SMILES string of the molecule is CC(C)(C)C(=O)N1CCC[C@H]1C(=O)OCOc1ccc([N+](=O)[O-])c2cccnc12.S. The molecule has 1 aliphatic rings. The standard InChI is InChI=1S/C20H23N3O6.H2S/c1-20(2,3)19(25)22-11-5-7-15(22)18(24)29-12-28-16-9-8-14(23(26)27)13-6-4-10-21-17(13)16;/h4,6,8-10,15H,5,7,11-12H2,1-3H3;1H2/t15-;/m0./s1. The molecular formula is C20H25N3O6S. The van der Waals surface area contributed by atoms with E-state index in [9.17, 15) is 19.7 Å². The number of non-ortho nitro benzene ring substituents is 1. The van der Waals surface area contributed by atoms with Crippen molar-refractivity contribution in [3.05, 3.63) is 40.6 Å². The molecule has 1 fully saturated rings. The van der Waals surface area contributed by atoms with Crippen molar-refractivity contribution < 1.29 is 24.0 Å². The van der Waals surface area contributed by atoms with Crippen LogP contribution in [0.25, 0.3) is 10.9 Å². The van der Waals surface area contributed by atoms with Crippen LogP contribution in [0.1, 0.15) is 33.6 Å². The summed E-state index contributed by atoms with van der Waals surface area (Å²) in [6.07, 6.45) is 2.78. The van der Waals surface area contributed by atoms with Crippen molar-refractivity contribution >= 4 is 42.0 Å². The van der Waals surface area contributed by atoms with Crippen LogP contribution in [0.15, 0.2) is 30.5 Å². The van der Waals surface area contributed by atoms with E-state index in [-0.39, 0.29) is 37.6 Å². The molecule has 0 N–H and O–H groups in total. The van der Waals surface area contributed by atoms with Gasteiger partial charge < -0.3 is 14.4 Å². The van der Waals surface area contributed by atoms with Gasteiger partial charge in [-0.3, -0.25) is 19.9 Å². The van der Waals surface area contributed by atoms with Crippen molar-refractivity contribution in [3.8, 4) is 5.75 Å². The number of fused-ring (bicyclic) bond motifs is 1. The second-order valence-corrected chi connectivity index (χ2v) is 7.87. The van der Waals surface area contributed by atoms with Gasteiger partial charge in [-0.1, -0.05) is 20.8 Å². The van der Waals surface area contributed by atoms with E-state index in [0.29, 0.717) is 23.9 Å². The maximum atomic E-state index is 12.5. The Morgan fingerprint density at radius 2 is 2.03 bits per heavy atom. The summed E-state index contributed by atoms with van der Waals surface area (Å²) in [5.41, 5.74) is -0.356. The number of likely N-dealkylation sites (tertiary alicyclic amines) is 1. The molecule has 1 aromatic heterocycles. The number of nitro benzene ring substituents is 1. The van der Waals surface area contributed by atoms with Gasteiger partial charge in [-0.2, -0.15) is 13.5 Å². The van der Waals surface area contributed by atoms with Crippen molar-refractivity contribution in [3.63, 3.8) is 0 Å². The van der Waals surface area contributed by atoms with E-state index in [1.165, 1.54) is 18.3 Å². The van der Waals surface area contributed by atoms with Crippen LogP contribution in [-0.4, -0.2) is 46.1 Å². The van der Waals surface area contributed by atoms with Crippen LogP contribution >= 0.6 is 13.5 Å². The van der Waals surface area contributed by atoms with E-state index in [1.807, 2.05) is 20.8 Å². The topological polar surface area (TPSA) is 112 Å². The number of carbonyl (C=O) groups is 2. The highest BCUT2D eigenvalue weighted by molar-refractivity contribution is 7.59. The lowest BCUT2D eigenvalue weighted by atomic mass is 9.94. The highest BCUT2D eigenvalue weighted by Crippen LogP contribution is 2.31. The second-order valence-electron chi connectivity index (χ2n) is 7.87. The number of nitrogens with zero attached hydrogens (tertiary/aromatic N) is 3. The van der Waals surface area contributed by atoms with E-state index in [2.05, 4.69) is 4.98 Å². The lowest BCUT2D eigenvalue weighted by molar-refractivity contribution is -0.383. The first-order chi connectivity index (χ1) is 13.7. The van der Waals surface area contributed by atoms with E-state index in [4.69, 9.17) is 9.47 Å². The summed E-state index contributed by atoms with van der Waals surface area (Å²) >= 11 is 0. The van der Waals surface area contributed by atoms with Gasteiger partial charge in [-0.15, -0.1) is 0 Å². The summed E-state index contributed by atoms with van der Waals surface area (Å²) in [6.45, 7) is 5.58. The third kappa shape index (κ3) is 4.81. The molecule has 1 aliphatic heterocycles. The van der Waals surface area contributed by atoms with Gasteiger partial charge in [-0.25, -0.2) is 4.79 Å². The molecule has 0 radical (unpaired) electrons. The van der Waals surface area contributed by atoms with Gasteiger partial charge in [0.05, 0.1) is 10.3 Å². The third-order valence-corrected chi connectivity index (χ3v) is 4.75. The van der Waals surface area contributed by atoms with Gasteiger partial charge in [-0.05, 0) is 31.0 Å². The Kier molecular flexibility index (Phi) is 7.25. The number of carbonyl (C=O) groups excluding carboxylic acids is 2. The van der Waals surface area contributed by atoms with Crippen molar-refractivity contribution in [2.24, 2.45) is 5.41 Å². The highest BCUT2D eigenvalue weighted by Gasteiger charge is 2.39. The molecule has 0 aliphatic carbocycles. The molecule has 3 rings (SSSR count). The molecule has 0 saturated carbocycles. The molecule has 9 nitrogen and oxygen atoms in total. The minimum atomic E-state index is -0.628. The van der Waals surface area contributed by atoms with Gasteiger partial charge in [0.15, 0.2) is 0 Å². The van der Waals surface area contributed by atoms with E-state index < -0.39 is 22.3 Å². The smallest absolute Gasteiger partial charge is 0.331 e. The van der Waals surface area contributed by atoms with E-state index in [1.54, 1.807) is 17.0 Å². The average Bonchev–Trinajstić information content (AvgIpc) is 3.16. The second kappa shape index (κ2) is 9.29. The number of rotatable bonds is 5. The summed E-state index contributed by atoms with van der Waals surface area (Å²) in [7, 11) is 0. The van der Waals surface area contributed by atoms with Crippen LogP contribution < -0.4 is 4.74 Å². The molecular weight excluding hydrogens is 410 g/mol. The number of benzene rings is 1. The van der Waals surface area contributed by atoms with Crippen molar-refractivity contribution in [2.45, 2.75) is 39.7 Å². The fourth-order valence-corrected chi connectivity index (χ4v) is 3.34. The zero-order valence-corrected chi connectivity index (χ0v) is 18.1. The Balaban J connectivity index is 0.00000320. The zero-order valence-electron chi connectivity index (χ0n) is 17.1. The van der Waals surface area contributed by atoms with Crippen LogP contribution in [0.2, 0.25) is 0 Å². The van der Waals surface area contributed by atoms with Crippen molar-refractivity contribution in [1.82, 2.24) is 9.88 Å². The molecule has 1 saturated heterocycles. The first-order valence-corrected chi connectivity index (χ1v) is 9.33. The third-order valence-electron chi connectivity index (χ3n) is 4.75.